The van der Waals surface area contributed by atoms with Gasteiger partial charge in [0.1, 0.15) is 5.82 Å². The molecule has 2 heterocycles. The van der Waals surface area contributed by atoms with Crippen molar-refractivity contribution in [2.45, 2.75) is 30.8 Å². The third-order valence-corrected chi connectivity index (χ3v) is 5.65. The van der Waals surface area contributed by atoms with Crippen LogP contribution in [0.1, 0.15) is 29.3 Å². The molecule has 0 fully saturated rings. The van der Waals surface area contributed by atoms with Crippen LogP contribution in [0.25, 0.3) is 0 Å². The molecule has 5 nitrogen and oxygen atoms in total. The highest BCUT2D eigenvalue weighted by Crippen LogP contribution is 2.32. The Bertz CT molecular complexity index is 770. The molecule has 0 saturated carbocycles. The van der Waals surface area contributed by atoms with E-state index in [0.717, 1.165) is 11.3 Å². The zero-order chi connectivity index (χ0) is 15.0. The van der Waals surface area contributed by atoms with Gasteiger partial charge >= 0.3 is 0 Å². The number of hydrogen-bond acceptors (Lipinski definition) is 4. The van der Waals surface area contributed by atoms with Gasteiger partial charge in [-0.2, -0.15) is 5.10 Å². The van der Waals surface area contributed by atoms with Gasteiger partial charge in [-0.15, -0.1) is 0 Å². The lowest BCUT2D eigenvalue weighted by atomic mass is 10.0. The molecular formula is C14H16FN3O2S. The average Bonchev–Trinajstić information content (AvgIpc) is 2.83. The third-order valence-electron chi connectivity index (χ3n) is 3.83. The second-order valence-electron chi connectivity index (χ2n) is 5.24. The van der Waals surface area contributed by atoms with Gasteiger partial charge in [0, 0.05) is 23.8 Å². The first-order valence-electron chi connectivity index (χ1n) is 6.72. The first-order valence-corrected chi connectivity index (χ1v) is 8.37. The number of fused-ring (bicyclic) bond motifs is 1. The summed E-state index contributed by atoms with van der Waals surface area (Å²) in [4.78, 5) is 0.233. The lowest BCUT2D eigenvalue weighted by Gasteiger charge is -2.26. The number of nitrogens with zero attached hydrogens (tertiary/aromatic N) is 1. The van der Waals surface area contributed by atoms with E-state index < -0.39 is 15.7 Å². The van der Waals surface area contributed by atoms with Gasteiger partial charge in [-0.3, -0.25) is 5.10 Å². The van der Waals surface area contributed by atoms with E-state index in [-0.39, 0.29) is 16.7 Å². The van der Waals surface area contributed by atoms with Crippen LogP contribution in [0.2, 0.25) is 0 Å². The highest BCUT2D eigenvalue weighted by Gasteiger charge is 2.30. The number of sulfone groups is 1. The van der Waals surface area contributed by atoms with Crippen molar-refractivity contribution in [3.05, 3.63) is 47.0 Å². The molecular weight excluding hydrogens is 293 g/mol. The van der Waals surface area contributed by atoms with Crippen LogP contribution in [0.5, 0.6) is 0 Å². The second-order valence-corrected chi connectivity index (χ2v) is 7.32. The fraction of sp³-hybridized carbons (Fsp3) is 0.357. The highest BCUT2D eigenvalue weighted by molar-refractivity contribution is 7.91. The predicted molar refractivity (Wildman–Crippen MR) is 76.0 cm³/mol. The van der Waals surface area contributed by atoms with Crippen LogP contribution in [-0.4, -0.2) is 24.4 Å². The summed E-state index contributed by atoms with van der Waals surface area (Å²) in [5, 5.41) is 10.1. The number of benzene rings is 1. The predicted octanol–water partition coefficient (Wildman–Crippen LogP) is 1.87. The summed E-state index contributed by atoms with van der Waals surface area (Å²) < 4.78 is 37.6. The topological polar surface area (TPSA) is 74.8 Å². The number of halogens is 1. The SMILES string of the molecule is Cc1[nH]ncc1CNC1CCS(=O)(=O)c2ccc(F)cc21. The fourth-order valence-electron chi connectivity index (χ4n) is 2.61. The number of H-pyrrole nitrogens is 1. The quantitative estimate of drug-likeness (QED) is 0.849. The van der Waals surface area contributed by atoms with Gasteiger partial charge in [0.25, 0.3) is 0 Å². The van der Waals surface area contributed by atoms with Crippen LogP contribution in [0.4, 0.5) is 4.39 Å². The Morgan fingerprint density at radius 3 is 3.00 bits per heavy atom. The lowest BCUT2D eigenvalue weighted by molar-refractivity contribution is 0.486. The van der Waals surface area contributed by atoms with Gasteiger partial charge in [-0.1, -0.05) is 0 Å². The number of hydrogen-bond donors (Lipinski definition) is 2. The molecule has 0 saturated heterocycles. The van der Waals surface area contributed by atoms with E-state index in [9.17, 15) is 12.8 Å². The molecule has 1 aromatic carbocycles. The summed E-state index contributed by atoms with van der Waals surface area (Å²) in [5.74, 6) is -0.342. The number of rotatable bonds is 3. The molecule has 1 aliphatic heterocycles. The summed E-state index contributed by atoms with van der Waals surface area (Å²) >= 11 is 0. The van der Waals surface area contributed by atoms with Crippen LogP contribution >= 0.6 is 0 Å². The Morgan fingerprint density at radius 2 is 2.29 bits per heavy atom. The van der Waals surface area contributed by atoms with E-state index in [1.54, 1.807) is 6.20 Å². The third kappa shape index (κ3) is 2.71. The molecule has 1 aromatic heterocycles. The normalized spacial score (nSPS) is 20.2. The number of aryl methyl sites for hydroxylation is 1. The Kier molecular flexibility index (Phi) is 3.54. The minimum atomic E-state index is -3.30. The maximum atomic E-state index is 13.5. The zero-order valence-electron chi connectivity index (χ0n) is 11.6. The first-order chi connectivity index (χ1) is 9.97. The maximum Gasteiger partial charge on any atom is 0.178 e. The molecule has 3 rings (SSSR count). The zero-order valence-corrected chi connectivity index (χ0v) is 12.4. The summed E-state index contributed by atoms with van der Waals surface area (Å²) in [6.07, 6.45) is 2.17. The van der Waals surface area contributed by atoms with Crippen molar-refractivity contribution < 1.29 is 12.8 Å². The first kappa shape index (κ1) is 14.2. The highest BCUT2D eigenvalue weighted by atomic mass is 32.2. The maximum absolute atomic E-state index is 13.5. The van der Waals surface area contributed by atoms with E-state index in [1.165, 1.54) is 18.2 Å². The van der Waals surface area contributed by atoms with Gasteiger partial charge in [-0.25, -0.2) is 12.8 Å². The molecule has 0 aliphatic carbocycles. The van der Waals surface area contributed by atoms with Gasteiger partial charge in [-0.05, 0) is 37.1 Å². The minimum Gasteiger partial charge on any atom is -0.306 e. The van der Waals surface area contributed by atoms with Crippen LogP contribution in [0.15, 0.2) is 29.3 Å². The molecule has 0 amide bonds. The van der Waals surface area contributed by atoms with Gasteiger partial charge in [0.05, 0.1) is 16.8 Å². The average molecular weight is 309 g/mol. The van der Waals surface area contributed by atoms with Gasteiger partial charge in [0.2, 0.25) is 0 Å². The fourth-order valence-corrected chi connectivity index (χ4v) is 4.21. The van der Waals surface area contributed by atoms with Crippen molar-refractivity contribution in [1.82, 2.24) is 15.5 Å². The van der Waals surface area contributed by atoms with Crippen LogP contribution < -0.4 is 5.32 Å². The monoisotopic (exact) mass is 309 g/mol. The standard InChI is InChI=1S/C14H16FN3O2S/c1-9-10(8-17-18-9)7-16-13-4-5-21(19,20)14-3-2-11(15)6-12(13)14/h2-3,6,8,13,16H,4-5,7H2,1H3,(H,17,18). The molecule has 0 radical (unpaired) electrons. The molecule has 1 unspecified atom stereocenters. The van der Waals surface area contributed by atoms with Gasteiger partial charge < -0.3 is 5.32 Å². The molecule has 2 N–H and O–H groups in total. The molecule has 0 spiro atoms. The van der Waals surface area contributed by atoms with Crippen LogP contribution in [-0.2, 0) is 16.4 Å². The van der Waals surface area contributed by atoms with Gasteiger partial charge in [0.15, 0.2) is 9.84 Å². The number of aromatic nitrogens is 2. The van der Waals surface area contributed by atoms with Crippen molar-refractivity contribution >= 4 is 9.84 Å². The lowest BCUT2D eigenvalue weighted by Crippen LogP contribution is -2.29. The molecule has 1 aliphatic rings. The van der Waals surface area contributed by atoms with E-state index in [0.29, 0.717) is 18.5 Å². The summed E-state index contributed by atoms with van der Waals surface area (Å²) in [7, 11) is -3.30. The molecule has 112 valence electrons. The smallest absolute Gasteiger partial charge is 0.178 e. The van der Waals surface area contributed by atoms with Crippen molar-refractivity contribution in [3.63, 3.8) is 0 Å². The van der Waals surface area contributed by atoms with E-state index in [4.69, 9.17) is 0 Å². The van der Waals surface area contributed by atoms with Crippen LogP contribution in [0.3, 0.4) is 0 Å². The van der Waals surface area contributed by atoms with E-state index >= 15 is 0 Å². The summed E-state index contributed by atoms with van der Waals surface area (Å²) in [5.41, 5.74) is 2.49. The number of nitrogens with one attached hydrogen (secondary N) is 2. The minimum absolute atomic E-state index is 0.0771. The molecule has 21 heavy (non-hydrogen) atoms. The van der Waals surface area contributed by atoms with E-state index in [2.05, 4.69) is 15.5 Å². The van der Waals surface area contributed by atoms with Crippen molar-refractivity contribution in [2.75, 3.05) is 5.75 Å². The Morgan fingerprint density at radius 1 is 1.48 bits per heavy atom. The number of aromatic amines is 1. The Hall–Kier alpha value is -1.73. The van der Waals surface area contributed by atoms with Crippen molar-refractivity contribution in [3.8, 4) is 0 Å². The summed E-state index contributed by atoms with van der Waals surface area (Å²) in [6.45, 7) is 2.48. The van der Waals surface area contributed by atoms with Crippen molar-refractivity contribution in [1.29, 1.82) is 0 Å². The van der Waals surface area contributed by atoms with Crippen molar-refractivity contribution in [2.24, 2.45) is 0 Å². The molecule has 0 bridgehead atoms. The molecule has 1 atom stereocenters. The largest absolute Gasteiger partial charge is 0.306 e. The molecule has 2 aromatic rings. The van der Waals surface area contributed by atoms with Crippen LogP contribution in [0, 0.1) is 12.7 Å². The molecule has 7 heteroatoms. The van der Waals surface area contributed by atoms with E-state index in [1.807, 2.05) is 6.92 Å². The Labute approximate surface area is 122 Å². The Balaban J connectivity index is 1.88. The summed E-state index contributed by atoms with van der Waals surface area (Å²) in [6, 6.07) is 3.69. The second kappa shape index (κ2) is 5.23.